The SMILES string of the molecule is COC(=O)c1ccc2c(=O)n(-c3cccc(C)c3)c(N3CCN(c4ccc(C(C)=O)cc4)CC3)nc2c1. The summed E-state index contributed by atoms with van der Waals surface area (Å²) in [5.74, 6) is 0.109. The summed E-state index contributed by atoms with van der Waals surface area (Å²) in [5, 5.41) is 0.433. The minimum atomic E-state index is -0.475. The molecule has 0 radical (unpaired) electrons. The maximum Gasteiger partial charge on any atom is 0.337 e. The number of methoxy groups -OCH3 is 1. The lowest BCUT2D eigenvalue weighted by Gasteiger charge is -2.37. The van der Waals surface area contributed by atoms with Crippen molar-refractivity contribution < 1.29 is 14.3 Å². The average molecular weight is 497 g/mol. The topological polar surface area (TPSA) is 84.7 Å². The van der Waals surface area contributed by atoms with Crippen LogP contribution in [0.4, 0.5) is 11.6 Å². The Morgan fingerprint density at radius 3 is 2.16 bits per heavy atom. The molecule has 4 aromatic rings. The second kappa shape index (κ2) is 9.89. The monoisotopic (exact) mass is 496 g/mol. The number of aryl methyl sites for hydroxylation is 1. The Hall–Kier alpha value is -4.46. The number of Topliss-reactive ketones (excluding diaryl/α,β-unsaturated/α-hetero) is 1. The van der Waals surface area contributed by atoms with Crippen molar-refractivity contribution in [3.8, 4) is 5.69 Å². The number of benzene rings is 3. The lowest BCUT2D eigenvalue weighted by Crippen LogP contribution is -2.48. The lowest BCUT2D eigenvalue weighted by molar-refractivity contribution is 0.0600. The number of piperazine rings is 1. The molecule has 37 heavy (non-hydrogen) atoms. The van der Waals surface area contributed by atoms with Crippen LogP contribution < -0.4 is 15.4 Å². The molecule has 0 spiro atoms. The van der Waals surface area contributed by atoms with Crippen LogP contribution in [0.15, 0.2) is 71.5 Å². The van der Waals surface area contributed by atoms with E-state index in [9.17, 15) is 14.4 Å². The second-order valence-electron chi connectivity index (χ2n) is 9.19. The van der Waals surface area contributed by atoms with Gasteiger partial charge in [-0.15, -0.1) is 0 Å². The van der Waals surface area contributed by atoms with E-state index < -0.39 is 5.97 Å². The Labute approximate surface area is 214 Å². The van der Waals surface area contributed by atoms with E-state index in [-0.39, 0.29) is 11.3 Å². The molecule has 0 N–H and O–H groups in total. The third-order valence-corrected chi connectivity index (χ3v) is 6.73. The molecule has 1 saturated heterocycles. The van der Waals surface area contributed by atoms with Crippen LogP contribution in [-0.2, 0) is 4.74 Å². The van der Waals surface area contributed by atoms with Gasteiger partial charge in [0.25, 0.3) is 5.56 Å². The van der Waals surface area contributed by atoms with Crippen molar-refractivity contribution >= 4 is 34.3 Å². The summed E-state index contributed by atoms with van der Waals surface area (Å²) in [6.45, 7) is 6.30. The van der Waals surface area contributed by atoms with Crippen LogP contribution in [-0.4, -0.2) is 54.6 Å². The van der Waals surface area contributed by atoms with Crippen molar-refractivity contribution in [2.24, 2.45) is 0 Å². The summed E-state index contributed by atoms with van der Waals surface area (Å²) in [6, 6.07) is 20.3. The van der Waals surface area contributed by atoms with E-state index in [2.05, 4.69) is 9.80 Å². The van der Waals surface area contributed by atoms with E-state index in [0.717, 1.165) is 30.0 Å². The Morgan fingerprint density at radius 2 is 1.51 bits per heavy atom. The molecular formula is C29H28N4O4. The van der Waals surface area contributed by atoms with E-state index in [1.807, 2.05) is 55.5 Å². The molecule has 1 aliphatic heterocycles. The first-order valence-corrected chi connectivity index (χ1v) is 12.2. The Bertz CT molecular complexity index is 1550. The average Bonchev–Trinajstić information content (AvgIpc) is 2.92. The highest BCUT2D eigenvalue weighted by molar-refractivity contribution is 5.95. The standard InChI is InChI=1S/C29H28N4O4/c1-19-5-4-6-24(17-19)33-27(35)25-12-9-22(28(36)37-3)18-26(25)30-29(33)32-15-13-31(14-16-32)23-10-7-21(8-11-23)20(2)34/h4-12,17-18H,13-16H2,1-3H3. The number of rotatable bonds is 5. The van der Waals surface area contributed by atoms with Gasteiger partial charge < -0.3 is 14.5 Å². The number of aromatic nitrogens is 2. The van der Waals surface area contributed by atoms with Crippen LogP contribution in [0.25, 0.3) is 16.6 Å². The van der Waals surface area contributed by atoms with Gasteiger partial charge in [0.05, 0.1) is 29.3 Å². The Kier molecular flexibility index (Phi) is 6.48. The van der Waals surface area contributed by atoms with Crippen molar-refractivity contribution in [3.05, 3.63) is 93.8 Å². The molecule has 0 bridgehead atoms. The maximum absolute atomic E-state index is 13.8. The van der Waals surface area contributed by atoms with Crippen LogP contribution in [0.1, 0.15) is 33.2 Å². The first-order valence-electron chi connectivity index (χ1n) is 12.2. The van der Waals surface area contributed by atoms with Gasteiger partial charge in [0.1, 0.15) is 0 Å². The van der Waals surface area contributed by atoms with E-state index in [4.69, 9.17) is 9.72 Å². The number of nitrogens with zero attached hydrogens (tertiary/aromatic N) is 4. The van der Waals surface area contributed by atoms with Crippen LogP contribution in [0.3, 0.4) is 0 Å². The number of hydrogen-bond acceptors (Lipinski definition) is 7. The Morgan fingerprint density at radius 1 is 0.838 bits per heavy atom. The number of hydrogen-bond donors (Lipinski definition) is 0. The predicted octanol–water partition coefficient (Wildman–Crippen LogP) is 4.01. The fourth-order valence-electron chi connectivity index (χ4n) is 4.70. The summed E-state index contributed by atoms with van der Waals surface area (Å²) in [6.07, 6.45) is 0. The van der Waals surface area contributed by atoms with Crippen molar-refractivity contribution in [1.82, 2.24) is 9.55 Å². The van der Waals surface area contributed by atoms with Crippen molar-refractivity contribution in [2.75, 3.05) is 43.1 Å². The number of esters is 1. The third-order valence-electron chi connectivity index (χ3n) is 6.73. The van der Waals surface area contributed by atoms with Gasteiger partial charge in [-0.05, 0) is 74.0 Å². The molecule has 0 atom stereocenters. The zero-order chi connectivity index (χ0) is 26.1. The molecule has 1 aromatic heterocycles. The maximum atomic E-state index is 13.8. The molecule has 188 valence electrons. The summed E-state index contributed by atoms with van der Waals surface area (Å²) in [5.41, 5.74) is 4.13. The summed E-state index contributed by atoms with van der Waals surface area (Å²) in [4.78, 5) is 46.8. The number of carbonyl (C=O) groups excluding carboxylic acids is 2. The zero-order valence-corrected chi connectivity index (χ0v) is 21.1. The highest BCUT2D eigenvalue weighted by Crippen LogP contribution is 2.24. The van der Waals surface area contributed by atoms with Gasteiger partial charge in [-0.25, -0.2) is 14.3 Å². The first-order chi connectivity index (χ1) is 17.9. The smallest absolute Gasteiger partial charge is 0.337 e. The number of carbonyl (C=O) groups is 2. The molecule has 3 aromatic carbocycles. The molecule has 5 rings (SSSR count). The Balaban J connectivity index is 1.54. The minimum absolute atomic E-state index is 0.0447. The van der Waals surface area contributed by atoms with Gasteiger partial charge in [-0.1, -0.05) is 12.1 Å². The van der Waals surface area contributed by atoms with Crippen LogP contribution in [0.5, 0.6) is 0 Å². The van der Waals surface area contributed by atoms with Crippen molar-refractivity contribution in [2.45, 2.75) is 13.8 Å². The number of anilines is 2. The molecule has 1 fully saturated rings. The number of ketones is 1. The molecule has 0 saturated carbocycles. The van der Waals surface area contributed by atoms with E-state index in [0.29, 0.717) is 41.1 Å². The first kappa shape index (κ1) is 24.2. The van der Waals surface area contributed by atoms with E-state index >= 15 is 0 Å². The lowest BCUT2D eigenvalue weighted by atomic mass is 10.1. The highest BCUT2D eigenvalue weighted by Gasteiger charge is 2.24. The van der Waals surface area contributed by atoms with Crippen LogP contribution in [0, 0.1) is 6.92 Å². The highest BCUT2D eigenvalue weighted by atomic mass is 16.5. The van der Waals surface area contributed by atoms with Crippen LogP contribution in [0.2, 0.25) is 0 Å². The van der Waals surface area contributed by atoms with E-state index in [1.54, 1.807) is 29.7 Å². The zero-order valence-electron chi connectivity index (χ0n) is 21.1. The number of fused-ring (bicyclic) bond motifs is 1. The van der Waals surface area contributed by atoms with Gasteiger partial charge in [0.2, 0.25) is 5.95 Å². The molecule has 8 nitrogen and oxygen atoms in total. The summed E-state index contributed by atoms with van der Waals surface area (Å²) in [7, 11) is 1.33. The second-order valence-corrected chi connectivity index (χ2v) is 9.19. The fourth-order valence-corrected chi connectivity index (χ4v) is 4.70. The van der Waals surface area contributed by atoms with E-state index in [1.165, 1.54) is 7.11 Å². The van der Waals surface area contributed by atoms with Crippen molar-refractivity contribution in [3.63, 3.8) is 0 Å². The van der Waals surface area contributed by atoms with Crippen LogP contribution >= 0.6 is 0 Å². The molecule has 0 amide bonds. The molecule has 0 unspecified atom stereocenters. The quantitative estimate of drug-likeness (QED) is 0.305. The molecule has 8 heteroatoms. The largest absolute Gasteiger partial charge is 0.465 e. The minimum Gasteiger partial charge on any atom is -0.465 e. The van der Waals surface area contributed by atoms with Gasteiger partial charge in [0.15, 0.2) is 5.78 Å². The predicted molar refractivity (Wildman–Crippen MR) is 144 cm³/mol. The third kappa shape index (κ3) is 4.70. The normalized spacial score (nSPS) is 13.6. The van der Waals surface area contributed by atoms with Gasteiger partial charge >= 0.3 is 5.97 Å². The molecular weight excluding hydrogens is 468 g/mol. The molecule has 1 aliphatic rings. The molecule has 2 heterocycles. The molecule has 0 aliphatic carbocycles. The van der Waals surface area contributed by atoms with Gasteiger partial charge in [0, 0.05) is 37.4 Å². The fraction of sp³-hybridized carbons (Fsp3) is 0.241. The summed E-state index contributed by atoms with van der Waals surface area (Å²) < 4.78 is 6.51. The number of ether oxygens (including phenoxy) is 1. The van der Waals surface area contributed by atoms with Crippen molar-refractivity contribution in [1.29, 1.82) is 0 Å². The summed E-state index contributed by atoms with van der Waals surface area (Å²) >= 11 is 0. The van der Waals surface area contributed by atoms with Gasteiger partial charge in [-0.3, -0.25) is 9.59 Å². The van der Waals surface area contributed by atoms with Gasteiger partial charge in [-0.2, -0.15) is 0 Å².